The van der Waals surface area contributed by atoms with E-state index in [1.165, 1.54) is 13.8 Å². The van der Waals surface area contributed by atoms with E-state index in [1.807, 2.05) is 5.32 Å². The number of aliphatic hydroxyl groups excluding tert-OH is 2. The Morgan fingerprint density at radius 3 is 1.88 bits per heavy atom. The number of halogens is 1. The molecule has 16 heavy (non-hydrogen) atoms. The molecule has 0 fully saturated rings. The first-order valence-corrected chi connectivity index (χ1v) is 4.42. The van der Waals surface area contributed by atoms with Crippen molar-refractivity contribution < 1.29 is 24.9 Å². The molecule has 0 radical (unpaired) electrons. The molecule has 0 aromatic carbocycles. The third-order valence-corrected chi connectivity index (χ3v) is 1.87. The SMILES string of the molecule is C[C@@H](O)[C@H](N)C(=O)N[C@H](C(=O)O)[C@@H](C)O.Cl. The van der Waals surface area contributed by atoms with Gasteiger partial charge in [-0.3, -0.25) is 4.79 Å². The average molecular weight is 257 g/mol. The number of amides is 1. The number of hydrogen-bond acceptors (Lipinski definition) is 5. The zero-order valence-corrected chi connectivity index (χ0v) is 9.77. The summed E-state index contributed by atoms with van der Waals surface area (Å²) in [5.74, 6) is -2.19. The second kappa shape index (κ2) is 7.39. The van der Waals surface area contributed by atoms with Crippen molar-refractivity contribution in [1.29, 1.82) is 0 Å². The molecule has 0 spiro atoms. The Morgan fingerprint density at radius 1 is 1.19 bits per heavy atom. The standard InChI is InChI=1S/C8H16N2O5.ClH/c1-3(11)5(9)7(13)10-6(4(2)12)8(14)15;/h3-6,11-12H,9H2,1-2H3,(H,10,13)(H,14,15);1H/t3-,4-,5+,6+;/m1./s1. The molecule has 0 bridgehead atoms. The second-order valence-corrected chi connectivity index (χ2v) is 3.33. The molecular weight excluding hydrogens is 240 g/mol. The van der Waals surface area contributed by atoms with E-state index in [4.69, 9.17) is 21.1 Å². The van der Waals surface area contributed by atoms with E-state index >= 15 is 0 Å². The Hall–Kier alpha value is -0.890. The molecule has 1 amide bonds. The fourth-order valence-corrected chi connectivity index (χ4v) is 0.857. The predicted molar refractivity (Wildman–Crippen MR) is 58.2 cm³/mol. The van der Waals surface area contributed by atoms with Crippen LogP contribution in [0, 0.1) is 0 Å². The summed E-state index contributed by atoms with van der Waals surface area (Å²) in [6.45, 7) is 2.54. The summed E-state index contributed by atoms with van der Waals surface area (Å²) < 4.78 is 0. The lowest BCUT2D eigenvalue weighted by atomic mass is 10.1. The highest BCUT2D eigenvalue weighted by molar-refractivity contribution is 5.87. The summed E-state index contributed by atoms with van der Waals surface area (Å²) in [6.07, 6.45) is -2.33. The van der Waals surface area contributed by atoms with Gasteiger partial charge in [0.1, 0.15) is 6.04 Å². The number of hydrogen-bond donors (Lipinski definition) is 5. The van der Waals surface area contributed by atoms with Crippen molar-refractivity contribution >= 4 is 24.3 Å². The highest BCUT2D eigenvalue weighted by atomic mass is 35.5. The maximum absolute atomic E-state index is 11.2. The van der Waals surface area contributed by atoms with Gasteiger partial charge in [-0.05, 0) is 13.8 Å². The Morgan fingerprint density at radius 2 is 1.62 bits per heavy atom. The van der Waals surface area contributed by atoms with Gasteiger partial charge >= 0.3 is 5.97 Å². The zero-order chi connectivity index (χ0) is 12.2. The zero-order valence-electron chi connectivity index (χ0n) is 8.95. The van der Waals surface area contributed by atoms with Gasteiger partial charge in [0.25, 0.3) is 0 Å². The Bertz CT molecular complexity index is 247. The fourth-order valence-electron chi connectivity index (χ4n) is 0.857. The lowest BCUT2D eigenvalue weighted by Gasteiger charge is -2.20. The van der Waals surface area contributed by atoms with Crippen molar-refractivity contribution in [3.05, 3.63) is 0 Å². The quantitative estimate of drug-likeness (QED) is 0.389. The number of carboxylic acids is 1. The van der Waals surface area contributed by atoms with Crippen LogP contribution in [0.2, 0.25) is 0 Å². The van der Waals surface area contributed by atoms with Crippen LogP contribution in [0.4, 0.5) is 0 Å². The first-order chi connectivity index (χ1) is 6.77. The summed E-state index contributed by atoms with van der Waals surface area (Å²) in [6, 6.07) is -2.65. The number of nitrogens with two attached hydrogens (primary N) is 1. The van der Waals surface area contributed by atoms with Crippen LogP contribution in [0.5, 0.6) is 0 Å². The van der Waals surface area contributed by atoms with Gasteiger partial charge in [0.2, 0.25) is 5.91 Å². The third kappa shape index (κ3) is 5.26. The second-order valence-electron chi connectivity index (χ2n) is 3.33. The van der Waals surface area contributed by atoms with Crippen LogP contribution in [0.3, 0.4) is 0 Å². The third-order valence-electron chi connectivity index (χ3n) is 1.87. The highest BCUT2D eigenvalue weighted by Crippen LogP contribution is 1.96. The lowest BCUT2D eigenvalue weighted by Crippen LogP contribution is -2.55. The average Bonchev–Trinajstić information content (AvgIpc) is 2.11. The smallest absolute Gasteiger partial charge is 0.328 e. The Kier molecular flexibility index (Phi) is 8.09. The van der Waals surface area contributed by atoms with Gasteiger partial charge in [0, 0.05) is 0 Å². The van der Waals surface area contributed by atoms with E-state index in [9.17, 15) is 9.59 Å². The van der Waals surface area contributed by atoms with Crippen molar-refractivity contribution in [3.8, 4) is 0 Å². The largest absolute Gasteiger partial charge is 0.480 e. The molecule has 0 aromatic heterocycles. The topological polar surface area (TPSA) is 133 Å². The van der Waals surface area contributed by atoms with Crippen molar-refractivity contribution in [2.75, 3.05) is 0 Å². The molecule has 0 aliphatic carbocycles. The van der Waals surface area contributed by atoms with Crippen LogP contribution >= 0.6 is 12.4 Å². The van der Waals surface area contributed by atoms with Crippen LogP contribution in [0.1, 0.15) is 13.8 Å². The van der Waals surface area contributed by atoms with Crippen LogP contribution in [-0.2, 0) is 9.59 Å². The molecule has 0 unspecified atom stereocenters. The molecule has 8 heteroatoms. The molecule has 0 heterocycles. The van der Waals surface area contributed by atoms with E-state index in [0.717, 1.165) is 0 Å². The van der Waals surface area contributed by atoms with Crippen molar-refractivity contribution in [2.24, 2.45) is 5.73 Å². The van der Waals surface area contributed by atoms with Crippen molar-refractivity contribution in [1.82, 2.24) is 5.32 Å². The summed E-state index contributed by atoms with van der Waals surface area (Å²) in [4.78, 5) is 21.8. The summed E-state index contributed by atoms with van der Waals surface area (Å²) in [5, 5.41) is 28.7. The first kappa shape index (κ1) is 17.5. The van der Waals surface area contributed by atoms with E-state index < -0.39 is 36.2 Å². The molecule has 6 N–H and O–H groups in total. The van der Waals surface area contributed by atoms with Gasteiger partial charge < -0.3 is 26.4 Å². The number of carbonyl (C=O) groups excluding carboxylic acids is 1. The van der Waals surface area contributed by atoms with E-state index in [-0.39, 0.29) is 12.4 Å². The van der Waals surface area contributed by atoms with Gasteiger partial charge in [-0.1, -0.05) is 0 Å². The highest BCUT2D eigenvalue weighted by Gasteiger charge is 2.28. The molecule has 0 aromatic rings. The van der Waals surface area contributed by atoms with Crippen LogP contribution in [0.15, 0.2) is 0 Å². The number of aliphatic hydroxyl groups is 2. The van der Waals surface area contributed by atoms with E-state index in [2.05, 4.69) is 0 Å². The number of aliphatic carboxylic acids is 1. The normalized spacial score (nSPS) is 17.6. The monoisotopic (exact) mass is 256 g/mol. The van der Waals surface area contributed by atoms with Gasteiger partial charge in [-0.15, -0.1) is 12.4 Å². The van der Waals surface area contributed by atoms with E-state index in [0.29, 0.717) is 0 Å². The maximum atomic E-state index is 11.2. The molecule has 7 nitrogen and oxygen atoms in total. The molecule has 4 atom stereocenters. The summed E-state index contributed by atoms with van der Waals surface area (Å²) in [5.41, 5.74) is 5.27. The number of carboxylic acid groups (broad SMARTS) is 1. The molecular formula is C8H17ClN2O5. The molecule has 0 aliphatic rings. The minimum Gasteiger partial charge on any atom is -0.480 e. The molecule has 96 valence electrons. The van der Waals surface area contributed by atoms with Gasteiger partial charge in [-0.2, -0.15) is 0 Å². The number of rotatable bonds is 5. The molecule has 0 saturated carbocycles. The van der Waals surface area contributed by atoms with Gasteiger partial charge in [0.15, 0.2) is 6.04 Å². The minimum atomic E-state index is -1.43. The molecule has 0 aliphatic heterocycles. The van der Waals surface area contributed by atoms with Crippen molar-refractivity contribution in [3.63, 3.8) is 0 Å². The molecule has 0 rings (SSSR count). The van der Waals surface area contributed by atoms with Gasteiger partial charge in [0.05, 0.1) is 12.2 Å². The fraction of sp³-hybridized carbons (Fsp3) is 0.750. The Labute approximate surface area is 99.0 Å². The predicted octanol–water partition coefficient (Wildman–Crippen LogP) is -1.93. The van der Waals surface area contributed by atoms with Crippen LogP contribution in [-0.4, -0.2) is 51.5 Å². The first-order valence-electron chi connectivity index (χ1n) is 4.42. The summed E-state index contributed by atoms with van der Waals surface area (Å²) in [7, 11) is 0. The van der Waals surface area contributed by atoms with Crippen LogP contribution < -0.4 is 11.1 Å². The summed E-state index contributed by atoms with van der Waals surface area (Å²) >= 11 is 0. The molecule has 0 saturated heterocycles. The van der Waals surface area contributed by atoms with E-state index in [1.54, 1.807) is 0 Å². The van der Waals surface area contributed by atoms with Gasteiger partial charge in [-0.25, -0.2) is 4.79 Å². The van der Waals surface area contributed by atoms with Crippen molar-refractivity contribution in [2.45, 2.75) is 38.1 Å². The number of carbonyl (C=O) groups is 2. The number of nitrogens with one attached hydrogen (secondary N) is 1. The lowest BCUT2D eigenvalue weighted by molar-refractivity contribution is -0.145. The Balaban J connectivity index is 0. The maximum Gasteiger partial charge on any atom is 0.328 e. The minimum absolute atomic E-state index is 0. The van der Waals surface area contributed by atoms with Crippen LogP contribution in [0.25, 0.3) is 0 Å².